The highest BCUT2D eigenvalue weighted by molar-refractivity contribution is 5.84. The van der Waals surface area contributed by atoms with E-state index in [1.807, 2.05) is 6.92 Å². The third-order valence-corrected chi connectivity index (χ3v) is 4.69. The zero-order valence-corrected chi connectivity index (χ0v) is 9.41. The van der Waals surface area contributed by atoms with Crippen LogP contribution in [-0.2, 0) is 14.3 Å². The van der Waals surface area contributed by atoms with Crippen LogP contribution in [0, 0.1) is 11.8 Å². The predicted octanol–water partition coefficient (Wildman–Crippen LogP) is 1.90. The third-order valence-electron chi connectivity index (χ3n) is 4.69. The van der Waals surface area contributed by atoms with Crippen LogP contribution in [0.15, 0.2) is 0 Å². The Balaban J connectivity index is 1.81. The number of hydrogen-bond donors (Lipinski definition) is 0. The molecule has 3 heteroatoms. The Kier molecular flexibility index (Phi) is 1.77. The van der Waals surface area contributed by atoms with Gasteiger partial charge in [-0.2, -0.15) is 0 Å². The first kappa shape index (κ1) is 9.64. The van der Waals surface area contributed by atoms with Crippen LogP contribution < -0.4 is 0 Å². The molecule has 1 aliphatic heterocycles. The molecule has 2 aliphatic carbocycles. The summed E-state index contributed by atoms with van der Waals surface area (Å²) in [6, 6.07) is 0. The van der Waals surface area contributed by atoms with Crippen LogP contribution in [0.1, 0.15) is 39.0 Å². The Morgan fingerprint density at radius 3 is 2.47 bits per heavy atom. The molecule has 4 atom stereocenters. The average molecular weight is 210 g/mol. The maximum absolute atomic E-state index is 11.7. The van der Waals surface area contributed by atoms with Crippen LogP contribution in [0.4, 0.5) is 0 Å². The molecule has 0 aromatic rings. The smallest absolute Gasteiger partial charge is 0.340 e. The van der Waals surface area contributed by atoms with Gasteiger partial charge >= 0.3 is 5.97 Å². The molecular weight excluding hydrogens is 192 g/mol. The van der Waals surface area contributed by atoms with Gasteiger partial charge in [-0.1, -0.05) is 12.8 Å². The molecule has 0 aromatic carbocycles. The van der Waals surface area contributed by atoms with Crippen molar-refractivity contribution >= 4 is 5.97 Å². The van der Waals surface area contributed by atoms with Gasteiger partial charge in [0.1, 0.15) is 5.60 Å². The Morgan fingerprint density at radius 2 is 1.93 bits per heavy atom. The fourth-order valence-electron chi connectivity index (χ4n) is 3.83. The number of hydrogen-bond acceptors (Lipinski definition) is 3. The van der Waals surface area contributed by atoms with E-state index in [0.717, 1.165) is 24.7 Å². The standard InChI is InChI=1S/C12H18O3/c1-11(10(13)14-2)12(15-11)6-8-3-4-9(5-8)7-12/h8-9H,3-7H2,1-2H3/t8-,9+,11?,12?. The van der Waals surface area contributed by atoms with E-state index in [1.54, 1.807) is 0 Å². The van der Waals surface area contributed by atoms with Gasteiger partial charge < -0.3 is 9.47 Å². The molecule has 0 aromatic heterocycles. The summed E-state index contributed by atoms with van der Waals surface area (Å²) in [6.45, 7) is 1.89. The third kappa shape index (κ3) is 1.13. The predicted molar refractivity (Wildman–Crippen MR) is 54.3 cm³/mol. The normalized spacial score (nSPS) is 51.9. The van der Waals surface area contributed by atoms with Crippen molar-refractivity contribution in [1.82, 2.24) is 0 Å². The molecule has 2 unspecified atom stereocenters. The number of methoxy groups -OCH3 is 1. The summed E-state index contributed by atoms with van der Waals surface area (Å²) in [7, 11) is 1.44. The Hall–Kier alpha value is -0.570. The molecule has 3 nitrogen and oxygen atoms in total. The molecule has 2 saturated carbocycles. The Morgan fingerprint density at radius 1 is 1.33 bits per heavy atom. The summed E-state index contributed by atoms with van der Waals surface area (Å²) in [5.74, 6) is 1.38. The van der Waals surface area contributed by atoms with Crippen LogP contribution in [0.5, 0.6) is 0 Å². The van der Waals surface area contributed by atoms with Gasteiger partial charge in [-0.25, -0.2) is 4.79 Å². The van der Waals surface area contributed by atoms with Crippen LogP contribution >= 0.6 is 0 Å². The van der Waals surface area contributed by atoms with Crippen LogP contribution in [0.25, 0.3) is 0 Å². The molecule has 3 fully saturated rings. The van der Waals surface area contributed by atoms with Crippen molar-refractivity contribution in [2.24, 2.45) is 11.8 Å². The van der Waals surface area contributed by atoms with Crippen molar-refractivity contribution in [2.45, 2.75) is 50.2 Å². The monoisotopic (exact) mass is 210 g/mol. The van der Waals surface area contributed by atoms with Crippen molar-refractivity contribution < 1.29 is 14.3 Å². The second kappa shape index (κ2) is 2.76. The van der Waals surface area contributed by atoms with Gasteiger partial charge in [0, 0.05) is 0 Å². The molecule has 3 rings (SSSR count). The molecule has 0 N–H and O–H groups in total. The van der Waals surface area contributed by atoms with E-state index in [1.165, 1.54) is 26.4 Å². The molecule has 1 heterocycles. The maximum atomic E-state index is 11.7. The van der Waals surface area contributed by atoms with Gasteiger partial charge in [0.15, 0.2) is 5.60 Å². The molecular formula is C12H18O3. The summed E-state index contributed by atoms with van der Waals surface area (Å²) in [4.78, 5) is 11.7. The zero-order valence-electron chi connectivity index (χ0n) is 9.41. The van der Waals surface area contributed by atoms with E-state index >= 15 is 0 Å². The van der Waals surface area contributed by atoms with E-state index in [4.69, 9.17) is 9.47 Å². The number of fused-ring (bicyclic) bond motifs is 2. The molecule has 2 bridgehead atoms. The van der Waals surface area contributed by atoms with Gasteiger partial charge in [-0.3, -0.25) is 0 Å². The summed E-state index contributed by atoms with van der Waals surface area (Å²) in [6.07, 6.45) is 6.13. The lowest BCUT2D eigenvalue weighted by atomic mass is 9.75. The number of epoxide rings is 1. The zero-order chi connectivity index (χ0) is 10.7. The van der Waals surface area contributed by atoms with Crippen LogP contribution in [0.2, 0.25) is 0 Å². The second-order valence-corrected chi connectivity index (χ2v) is 5.57. The van der Waals surface area contributed by atoms with E-state index in [2.05, 4.69) is 0 Å². The number of carbonyl (C=O) groups excluding carboxylic acids is 1. The summed E-state index contributed by atoms with van der Waals surface area (Å²) >= 11 is 0. The SMILES string of the molecule is COC(=O)C1(C)OC12C[C@@H]1CC[C@@H](C1)C2. The quantitative estimate of drug-likeness (QED) is 0.490. The van der Waals surface area contributed by atoms with E-state index in [0.29, 0.717) is 0 Å². The molecule has 1 spiro atoms. The minimum atomic E-state index is -0.636. The summed E-state index contributed by atoms with van der Waals surface area (Å²) in [5.41, 5.74) is -0.798. The number of ether oxygens (including phenoxy) is 2. The van der Waals surface area contributed by atoms with Crippen molar-refractivity contribution in [1.29, 1.82) is 0 Å². The highest BCUT2D eigenvalue weighted by atomic mass is 16.7. The van der Waals surface area contributed by atoms with Gasteiger partial charge in [0.25, 0.3) is 0 Å². The topological polar surface area (TPSA) is 38.8 Å². The van der Waals surface area contributed by atoms with E-state index in [-0.39, 0.29) is 11.6 Å². The summed E-state index contributed by atoms with van der Waals surface area (Å²) < 4.78 is 10.6. The molecule has 0 radical (unpaired) electrons. The molecule has 1 saturated heterocycles. The lowest BCUT2D eigenvalue weighted by molar-refractivity contribution is -0.146. The fraction of sp³-hybridized carbons (Fsp3) is 0.917. The Bertz CT molecular complexity index is 300. The lowest BCUT2D eigenvalue weighted by Gasteiger charge is -2.26. The van der Waals surface area contributed by atoms with Crippen molar-refractivity contribution in [3.63, 3.8) is 0 Å². The minimum Gasteiger partial charge on any atom is -0.467 e. The minimum absolute atomic E-state index is 0.163. The lowest BCUT2D eigenvalue weighted by Crippen LogP contribution is -2.36. The van der Waals surface area contributed by atoms with Gasteiger partial charge in [0.2, 0.25) is 0 Å². The molecule has 15 heavy (non-hydrogen) atoms. The highest BCUT2D eigenvalue weighted by Gasteiger charge is 2.74. The molecule has 3 aliphatic rings. The second-order valence-electron chi connectivity index (χ2n) is 5.57. The fourth-order valence-corrected chi connectivity index (χ4v) is 3.83. The number of esters is 1. The van der Waals surface area contributed by atoms with Gasteiger partial charge in [0.05, 0.1) is 7.11 Å². The van der Waals surface area contributed by atoms with Gasteiger partial charge in [-0.05, 0) is 38.0 Å². The van der Waals surface area contributed by atoms with Crippen LogP contribution in [-0.4, -0.2) is 24.3 Å². The highest BCUT2D eigenvalue weighted by Crippen LogP contribution is 2.62. The molecule has 84 valence electrons. The van der Waals surface area contributed by atoms with Gasteiger partial charge in [-0.15, -0.1) is 0 Å². The number of carbonyl (C=O) groups is 1. The first-order valence-corrected chi connectivity index (χ1v) is 5.88. The number of rotatable bonds is 1. The van der Waals surface area contributed by atoms with Crippen LogP contribution in [0.3, 0.4) is 0 Å². The first-order chi connectivity index (χ1) is 7.10. The largest absolute Gasteiger partial charge is 0.467 e. The van der Waals surface area contributed by atoms with Crippen molar-refractivity contribution in [2.75, 3.05) is 7.11 Å². The summed E-state index contributed by atoms with van der Waals surface area (Å²) in [5, 5.41) is 0. The van der Waals surface area contributed by atoms with Crippen molar-refractivity contribution in [3.8, 4) is 0 Å². The average Bonchev–Trinajstić information content (AvgIpc) is 2.60. The molecule has 0 amide bonds. The van der Waals surface area contributed by atoms with Crippen molar-refractivity contribution in [3.05, 3.63) is 0 Å². The van der Waals surface area contributed by atoms with E-state index < -0.39 is 5.60 Å². The van der Waals surface area contributed by atoms with E-state index in [9.17, 15) is 4.79 Å². The first-order valence-electron chi connectivity index (χ1n) is 5.88. The Labute approximate surface area is 90.1 Å². The maximum Gasteiger partial charge on any atom is 0.340 e.